The highest BCUT2D eigenvalue weighted by atomic mass is 35.5. The first-order valence-electron chi connectivity index (χ1n) is 12.3. The topological polar surface area (TPSA) is 43.8 Å². The van der Waals surface area contributed by atoms with Crippen LogP contribution in [0.25, 0.3) is 0 Å². The van der Waals surface area contributed by atoms with Crippen LogP contribution in [0.2, 0.25) is 0 Å². The van der Waals surface area contributed by atoms with E-state index in [4.69, 9.17) is 0 Å². The lowest BCUT2D eigenvalue weighted by atomic mass is 9.70. The fraction of sp³-hybridized carbons (Fsp3) is 0.536. The number of nitrogens with zero attached hydrogens (tertiary/aromatic N) is 2. The van der Waals surface area contributed by atoms with Crippen LogP contribution in [-0.4, -0.2) is 52.5 Å². The molecule has 2 fully saturated rings. The molecule has 4 rings (SSSR count). The van der Waals surface area contributed by atoms with Gasteiger partial charge in [-0.3, -0.25) is 9.69 Å². The predicted molar refractivity (Wildman–Crippen MR) is 136 cm³/mol. The smallest absolute Gasteiger partial charge is 0.227 e. The molecule has 2 aromatic rings. The van der Waals surface area contributed by atoms with Gasteiger partial charge in [-0.1, -0.05) is 32.0 Å². The minimum atomic E-state index is -1.27. The van der Waals surface area contributed by atoms with Crippen LogP contribution in [0.3, 0.4) is 0 Å². The average Bonchev–Trinajstić information content (AvgIpc) is 3.22. The van der Waals surface area contributed by atoms with Gasteiger partial charge in [0.25, 0.3) is 0 Å². The molecule has 8 heteroatoms. The van der Waals surface area contributed by atoms with E-state index in [2.05, 4.69) is 25.7 Å². The second kappa shape index (κ2) is 10.3. The first-order valence-corrected chi connectivity index (χ1v) is 12.3. The summed E-state index contributed by atoms with van der Waals surface area (Å²) in [4.78, 5) is 17.8. The standard InChI is InChI=1S/C28H35F3N2O2.ClH/c1-17-13-32(14-18(2)28(17,35)19-7-6-8-20(29)11-19)26(34)24-16-33(27(3,4)5)15-23(24)22-10-9-21(30)12-25(22)31;/h6-12,17-18,23-24,35H,13-16H2,1-5H3;1H/t17?,18?,23-,24+,28?;/m0./s1. The number of hydrogen-bond donors (Lipinski definition) is 1. The van der Waals surface area contributed by atoms with Gasteiger partial charge in [0.15, 0.2) is 0 Å². The zero-order chi connectivity index (χ0) is 25.7. The molecule has 2 unspecified atom stereocenters. The normalized spacial score (nSPS) is 29.2. The van der Waals surface area contributed by atoms with E-state index in [1.807, 2.05) is 13.8 Å². The number of halogens is 4. The molecule has 1 amide bonds. The third kappa shape index (κ3) is 5.15. The number of likely N-dealkylation sites (tertiary alicyclic amines) is 2. The second-order valence-corrected chi connectivity index (χ2v) is 11.3. The van der Waals surface area contributed by atoms with Crippen molar-refractivity contribution in [1.29, 1.82) is 0 Å². The largest absolute Gasteiger partial charge is 0.384 e. The second-order valence-electron chi connectivity index (χ2n) is 11.3. The SMILES string of the molecule is CC1CN(C(=O)[C@@H]2CN(C(C)(C)C)C[C@H]2c2ccc(F)cc2F)CC(C)C1(O)c1cccc(F)c1.Cl. The van der Waals surface area contributed by atoms with Crippen LogP contribution in [0, 0.1) is 35.2 Å². The van der Waals surface area contributed by atoms with Crippen molar-refractivity contribution in [3.8, 4) is 0 Å². The van der Waals surface area contributed by atoms with Crippen molar-refractivity contribution < 1.29 is 23.1 Å². The molecule has 0 spiro atoms. The van der Waals surface area contributed by atoms with Crippen LogP contribution < -0.4 is 0 Å². The van der Waals surface area contributed by atoms with Crippen LogP contribution >= 0.6 is 12.4 Å². The van der Waals surface area contributed by atoms with Crippen molar-refractivity contribution >= 4 is 18.3 Å². The molecule has 0 aromatic heterocycles. The van der Waals surface area contributed by atoms with Gasteiger partial charge in [0.2, 0.25) is 5.91 Å². The zero-order valence-electron chi connectivity index (χ0n) is 21.5. The summed E-state index contributed by atoms with van der Waals surface area (Å²) in [5.41, 5.74) is -0.625. The lowest BCUT2D eigenvalue weighted by Gasteiger charge is -2.48. The summed E-state index contributed by atoms with van der Waals surface area (Å²) in [5, 5.41) is 11.6. The first-order chi connectivity index (χ1) is 16.3. The monoisotopic (exact) mass is 524 g/mol. The van der Waals surface area contributed by atoms with Crippen molar-refractivity contribution in [3.05, 3.63) is 71.0 Å². The van der Waals surface area contributed by atoms with Crippen molar-refractivity contribution in [1.82, 2.24) is 9.80 Å². The third-order valence-electron chi connectivity index (χ3n) is 8.04. The summed E-state index contributed by atoms with van der Waals surface area (Å²) in [6.07, 6.45) is 0. The van der Waals surface area contributed by atoms with E-state index in [9.17, 15) is 23.1 Å². The molecule has 36 heavy (non-hydrogen) atoms. The van der Waals surface area contributed by atoms with Crippen molar-refractivity contribution in [2.75, 3.05) is 26.2 Å². The number of amides is 1. The Kier molecular flexibility index (Phi) is 8.19. The maximum atomic E-state index is 14.8. The molecular formula is C28H36ClF3N2O2. The lowest BCUT2D eigenvalue weighted by molar-refractivity contribution is -0.152. The number of aliphatic hydroxyl groups is 1. The van der Waals surface area contributed by atoms with E-state index in [-0.39, 0.29) is 35.7 Å². The first kappa shape index (κ1) is 28.5. The Morgan fingerprint density at radius 3 is 2.11 bits per heavy atom. The number of rotatable bonds is 3. The Morgan fingerprint density at radius 1 is 0.944 bits per heavy atom. The molecule has 2 saturated heterocycles. The van der Waals surface area contributed by atoms with Gasteiger partial charge in [0.1, 0.15) is 17.5 Å². The summed E-state index contributed by atoms with van der Waals surface area (Å²) in [6.45, 7) is 11.5. The number of carbonyl (C=O) groups is 1. The molecule has 2 aliphatic rings. The van der Waals surface area contributed by atoms with Gasteiger partial charge in [-0.15, -0.1) is 12.4 Å². The Bertz CT molecular complexity index is 1090. The van der Waals surface area contributed by atoms with Gasteiger partial charge in [0.05, 0.1) is 11.5 Å². The molecule has 4 atom stereocenters. The number of benzene rings is 2. The van der Waals surface area contributed by atoms with Crippen LogP contribution in [0.5, 0.6) is 0 Å². The molecule has 0 radical (unpaired) electrons. The summed E-state index contributed by atoms with van der Waals surface area (Å²) >= 11 is 0. The minimum Gasteiger partial charge on any atom is -0.384 e. The van der Waals surface area contributed by atoms with Gasteiger partial charge in [-0.25, -0.2) is 13.2 Å². The van der Waals surface area contributed by atoms with Crippen LogP contribution in [0.4, 0.5) is 13.2 Å². The van der Waals surface area contributed by atoms with Gasteiger partial charge in [-0.05, 0) is 50.1 Å². The summed E-state index contributed by atoms with van der Waals surface area (Å²) in [6, 6.07) is 9.57. The Labute approximate surface area is 217 Å². The molecule has 2 aromatic carbocycles. The highest BCUT2D eigenvalue weighted by Crippen LogP contribution is 2.44. The molecule has 0 saturated carbocycles. The van der Waals surface area contributed by atoms with Gasteiger partial charge >= 0.3 is 0 Å². The molecule has 198 valence electrons. The summed E-state index contributed by atoms with van der Waals surface area (Å²) in [7, 11) is 0. The molecule has 1 N–H and O–H groups in total. The van der Waals surface area contributed by atoms with E-state index < -0.39 is 34.9 Å². The van der Waals surface area contributed by atoms with Gasteiger partial charge in [0, 0.05) is 55.5 Å². The van der Waals surface area contributed by atoms with Crippen molar-refractivity contribution in [3.63, 3.8) is 0 Å². The van der Waals surface area contributed by atoms with Gasteiger partial charge < -0.3 is 10.0 Å². The van der Waals surface area contributed by atoms with Crippen LogP contribution in [0.15, 0.2) is 42.5 Å². The summed E-state index contributed by atoms with van der Waals surface area (Å²) < 4.78 is 42.3. The number of piperidine rings is 1. The van der Waals surface area contributed by atoms with Crippen molar-refractivity contribution in [2.24, 2.45) is 17.8 Å². The fourth-order valence-electron chi connectivity index (χ4n) is 5.94. The highest BCUT2D eigenvalue weighted by molar-refractivity contribution is 5.85. The fourth-order valence-corrected chi connectivity index (χ4v) is 5.94. The maximum absolute atomic E-state index is 14.8. The maximum Gasteiger partial charge on any atom is 0.227 e. The van der Waals surface area contributed by atoms with Crippen LogP contribution in [0.1, 0.15) is 51.7 Å². The minimum absolute atomic E-state index is 0. The van der Waals surface area contributed by atoms with E-state index >= 15 is 0 Å². The molecule has 0 aliphatic carbocycles. The Hall–Kier alpha value is -2.09. The average molecular weight is 525 g/mol. The van der Waals surface area contributed by atoms with Crippen molar-refractivity contribution in [2.45, 2.75) is 51.7 Å². The van der Waals surface area contributed by atoms with Crippen LogP contribution in [-0.2, 0) is 10.4 Å². The zero-order valence-corrected chi connectivity index (χ0v) is 22.3. The van der Waals surface area contributed by atoms with Gasteiger partial charge in [-0.2, -0.15) is 0 Å². The molecular weight excluding hydrogens is 489 g/mol. The lowest BCUT2D eigenvalue weighted by Crippen LogP contribution is -2.57. The summed E-state index contributed by atoms with van der Waals surface area (Å²) in [5.74, 6) is -3.35. The molecule has 0 bridgehead atoms. The number of hydrogen-bond acceptors (Lipinski definition) is 3. The predicted octanol–water partition coefficient (Wildman–Crippen LogP) is 5.34. The van der Waals surface area contributed by atoms with E-state index in [1.165, 1.54) is 24.3 Å². The molecule has 4 nitrogen and oxygen atoms in total. The van der Waals surface area contributed by atoms with E-state index in [0.717, 1.165) is 6.07 Å². The number of carbonyl (C=O) groups excluding carboxylic acids is 1. The molecule has 2 aliphatic heterocycles. The molecule has 2 heterocycles. The van der Waals surface area contributed by atoms with E-state index in [0.29, 0.717) is 37.3 Å². The Balaban J connectivity index is 0.00000361. The highest BCUT2D eigenvalue weighted by Gasteiger charge is 2.50. The third-order valence-corrected chi connectivity index (χ3v) is 8.04. The van der Waals surface area contributed by atoms with E-state index in [1.54, 1.807) is 17.0 Å². The Morgan fingerprint density at radius 2 is 1.56 bits per heavy atom. The quantitative estimate of drug-likeness (QED) is 0.589.